The molecule has 0 saturated carbocycles. The quantitative estimate of drug-likeness (QED) is 0.919. The first-order valence-corrected chi connectivity index (χ1v) is 7.39. The van der Waals surface area contributed by atoms with Crippen LogP contribution in [-0.2, 0) is 26.3 Å². The van der Waals surface area contributed by atoms with Crippen LogP contribution < -0.4 is 5.73 Å². The zero-order valence-corrected chi connectivity index (χ0v) is 11.5. The molecule has 0 spiro atoms. The van der Waals surface area contributed by atoms with Crippen LogP contribution in [0.2, 0.25) is 0 Å². The minimum atomic E-state index is 0.176. The third-order valence-corrected chi connectivity index (χ3v) is 5.13. The standard InChI is InChI=1S/C14H19N3S/c1-17-11(7-8-16-17)5-6-12(15)14-9-10-3-2-4-13(10)18-14/h7-9,12H,2-6,15H2,1H3. The van der Waals surface area contributed by atoms with E-state index in [1.54, 1.807) is 10.4 Å². The van der Waals surface area contributed by atoms with Crippen LogP contribution >= 0.6 is 11.3 Å². The van der Waals surface area contributed by atoms with Crippen LogP contribution in [-0.4, -0.2) is 9.78 Å². The molecule has 2 N–H and O–H groups in total. The van der Waals surface area contributed by atoms with E-state index in [0.717, 1.165) is 12.8 Å². The van der Waals surface area contributed by atoms with E-state index in [1.165, 1.54) is 29.8 Å². The summed E-state index contributed by atoms with van der Waals surface area (Å²) in [5, 5.41) is 4.19. The van der Waals surface area contributed by atoms with Gasteiger partial charge in [0.05, 0.1) is 0 Å². The maximum absolute atomic E-state index is 6.30. The van der Waals surface area contributed by atoms with Crippen molar-refractivity contribution < 1.29 is 0 Å². The van der Waals surface area contributed by atoms with Crippen molar-refractivity contribution in [2.24, 2.45) is 12.8 Å². The summed E-state index contributed by atoms with van der Waals surface area (Å²) < 4.78 is 1.93. The van der Waals surface area contributed by atoms with E-state index in [9.17, 15) is 0 Å². The van der Waals surface area contributed by atoms with Gasteiger partial charge in [-0.2, -0.15) is 5.10 Å². The van der Waals surface area contributed by atoms with Crippen LogP contribution in [0.15, 0.2) is 18.3 Å². The summed E-state index contributed by atoms with van der Waals surface area (Å²) in [5.41, 5.74) is 9.11. The van der Waals surface area contributed by atoms with Crippen LogP contribution in [0.3, 0.4) is 0 Å². The summed E-state index contributed by atoms with van der Waals surface area (Å²) in [4.78, 5) is 2.93. The van der Waals surface area contributed by atoms with E-state index in [4.69, 9.17) is 5.73 Å². The maximum Gasteiger partial charge on any atom is 0.0492 e. The zero-order valence-electron chi connectivity index (χ0n) is 10.7. The van der Waals surface area contributed by atoms with Crippen molar-refractivity contribution in [2.75, 3.05) is 0 Å². The number of thiophene rings is 1. The average molecular weight is 261 g/mol. The lowest BCUT2D eigenvalue weighted by molar-refractivity contribution is 0.620. The Morgan fingerprint density at radius 1 is 1.50 bits per heavy atom. The fourth-order valence-electron chi connectivity index (χ4n) is 2.63. The van der Waals surface area contributed by atoms with E-state index < -0.39 is 0 Å². The summed E-state index contributed by atoms with van der Waals surface area (Å²) in [6, 6.07) is 4.58. The molecule has 3 rings (SSSR count). The Morgan fingerprint density at radius 2 is 2.39 bits per heavy atom. The Kier molecular flexibility index (Phi) is 3.22. The van der Waals surface area contributed by atoms with Gasteiger partial charge in [0.2, 0.25) is 0 Å². The molecule has 0 fully saturated rings. The summed E-state index contributed by atoms with van der Waals surface area (Å²) in [6.07, 6.45) is 7.68. The predicted octanol–water partition coefficient (Wildman–Crippen LogP) is 2.60. The van der Waals surface area contributed by atoms with Gasteiger partial charge in [-0.1, -0.05) is 0 Å². The van der Waals surface area contributed by atoms with Crippen LogP contribution in [0, 0.1) is 0 Å². The highest BCUT2D eigenvalue weighted by atomic mass is 32.1. The zero-order chi connectivity index (χ0) is 12.5. The van der Waals surface area contributed by atoms with Gasteiger partial charge in [-0.15, -0.1) is 11.3 Å². The van der Waals surface area contributed by atoms with E-state index in [-0.39, 0.29) is 6.04 Å². The average Bonchev–Trinajstić information content (AvgIpc) is 3.00. The summed E-state index contributed by atoms with van der Waals surface area (Å²) in [5.74, 6) is 0. The van der Waals surface area contributed by atoms with Gasteiger partial charge >= 0.3 is 0 Å². The first kappa shape index (κ1) is 11.9. The van der Waals surface area contributed by atoms with E-state index in [1.807, 2.05) is 29.3 Å². The minimum Gasteiger partial charge on any atom is -0.323 e. The Hall–Kier alpha value is -1.13. The van der Waals surface area contributed by atoms with Crippen molar-refractivity contribution in [1.82, 2.24) is 9.78 Å². The third kappa shape index (κ3) is 2.22. The molecule has 18 heavy (non-hydrogen) atoms. The van der Waals surface area contributed by atoms with Gasteiger partial charge < -0.3 is 5.73 Å². The Bertz CT molecular complexity index is 519. The van der Waals surface area contributed by atoms with Gasteiger partial charge in [0.15, 0.2) is 0 Å². The number of hydrogen-bond donors (Lipinski definition) is 1. The molecule has 2 aromatic rings. The van der Waals surface area contributed by atoms with Gasteiger partial charge in [-0.05, 0) is 49.8 Å². The number of fused-ring (bicyclic) bond motifs is 1. The van der Waals surface area contributed by atoms with Crippen molar-refractivity contribution in [1.29, 1.82) is 0 Å². The monoisotopic (exact) mass is 261 g/mol. The number of nitrogens with two attached hydrogens (primary N) is 1. The molecule has 0 saturated heterocycles. The molecule has 1 aliphatic carbocycles. The Balaban J connectivity index is 1.64. The SMILES string of the molecule is Cn1nccc1CCC(N)c1cc2c(s1)CCC2. The van der Waals surface area contributed by atoms with Crippen LogP contribution in [0.5, 0.6) is 0 Å². The highest BCUT2D eigenvalue weighted by Gasteiger charge is 2.18. The second-order valence-electron chi connectivity index (χ2n) is 5.04. The molecule has 2 aromatic heterocycles. The van der Waals surface area contributed by atoms with Crippen molar-refractivity contribution in [3.05, 3.63) is 39.3 Å². The smallest absolute Gasteiger partial charge is 0.0492 e. The van der Waals surface area contributed by atoms with Crippen molar-refractivity contribution in [3.8, 4) is 0 Å². The molecule has 4 heteroatoms. The van der Waals surface area contributed by atoms with Crippen LogP contribution in [0.4, 0.5) is 0 Å². The molecule has 0 bridgehead atoms. The molecule has 0 aliphatic heterocycles. The van der Waals surface area contributed by atoms with E-state index in [2.05, 4.69) is 17.2 Å². The van der Waals surface area contributed by atoms with Gasteiger partial charge in [0.1, 0.15) is 0 Å². The molecular weight excluding hydrogens is 242 g/mol. The number of aryl methyl sites for hydroxylation is 4. The number of aromatic nitrogens is 2. The molecular formula is C14H19N3S. The topological polar surface area (TPSA) is 43.8 Å². The number of nitrogens with zero attached hydrogens (tertiary/aromatic N) is 2. The molecule has 3 nitrogen and oxygen atoms in total. The fourth-order valence-corrected chi connectivity index (χ4v) is 3.92. The van der Waals surface area contributed by atoms with Gasteiger partial charge in [0, 0.05) is 34.7 Å². The summed E-state index contributed by atoms with van der Waals surface area (Å²) >= 11 is 1.92. The van der Waals surface area contributed by atoms with Gasteiger partial charge in [-0.3, -0.25) is 4.68 Å². The summed E-state index contributed by atoms with van der Waals surface area (Å²) in [6.45, 7) is 0. The normalized spacial score (nSPS) is 15.9. The molecule has 1 aliphatic rings. The number of hydrogen-bond acceptors (Lipinski definition) is 3. The van der Waals surface area contributed by atoms with E-state index >= 15 is 0 Å². The first-order valence-electron chi connectivity index (χ1n) is 6.58. The van der Waals surface area contributed by atoms with E-state index in [0.29, 0.717) is 0 Å². The Labute approximate surface area is 112 Å². The second-order valence-corrected chi connectivity index (χ2v) is 6.21. The molecule has 1 unspecified atom stereocenters. The van der Waals surface area contributed by atoms with Crippen LogP contribution in [0.1, 0.15) is 39.9 Å². The first-order chi connectivity index (χ1) is 8.74. The van der Waals surface area contributed by atoms with Crippen molar-refractivity contribution >= 4 is 11.3 Å². The lowest BCUT2D eigenvalue weighted by Crippen LogP contribution is -2.11. The minimum absolute atomic E-state index is 0.176. The highest BCUT2D eigenvalue weighted by molar-refractivity contribution is 7.12. The van der Waals surface area contributed by atoms with Crippen molar-refractivity contribution in [2.45, 2.75) is 38.1 Å². The van der Waals surface area contributed by atoms with Crippen LogP contribution in [0.25, 0.3) is 0 Å². The number of rotatable bonds is 4. The second kappa shape index (κ2) is 4.86. The lowest BCUT2D eigenvalue weighted by atomic mass is 10.1. The molecule has 96 valence electrons. The van der Waals surface area contributed by atoms with Gasteiger partial charge in [0.25, 0.3) is 0 Å². The predicted molar refractivity (Wildman–Crippen MR) is 74.8 cm³/mol. The molecule has 2 heterocycles. The Morgan fingerprint density at radius 3 is 3.11 bits per heavy atom. The van der Waals surface area contributed by atoms with Crippen molar-refractivity contribution in [3.63, 3.8) is 0 Å². The lowest BCUT2D eigenvalue weighted by Gasteiger charge is -2.09. The molecule has 1 atom stereocenters. The molecule has 0 aromatic carbocycles. The third-order valence-electron chi connectivity index (χ3n) is 3.77. The highest BCUT2D eigenvalue weighted by Crippen LogP contribution is 2.34. The molecule has 0 radical (unpaired) electrons. The maximum atomic E-state index is 6.30. The largest absolute Gasteiger partial charge is 0.323 e. The molecule has 0 amide bonds. The van der Waals surface area contributed by atoms with Gasteiger partial charge in [-0.25, -0.2) is 0 Å². The summed E-state index contributed by atoms with van der Waals surface area (Å²) in [7, 11) is 1.99. The fraction of sp³-hybridized carbons (Fsp3) is 0.500.